The predicted octanol–water partition coefficient (Wildman–Crippen LogP) is 0.698. The van der Waals surface area contributed by atoms with Gasteiger partial charge in [0.05, 0.1) is 0 Å². The molecular formula is C20H25NO10. The zero-order valence-electron chi connectivity index (χ0n) is 17.7. The van der Waals surface area contributed by atoms with Gasteiger partial charge in [-0.05, 0) is 18.9 Å². The summed E-state index contributed by atoms with van der Waals surface area (Å²) in [6, 6.07) is 2.05. The third kappa shape index (κ3) is 6.50. The number of hydrogen-bond donors (Lipinski definition) is 0. The van der Waals surface area contributed by atoms with Crippen molar-refractivity contribution in [3.05, 3.63) is 12.2 Å². The lowest BCUT2D eigenvalue weighted by atomic mass is 9.97. The Bertz CT molecular complexity index is 787. The molecule has 1 heterocycles. The van der Waals surface area contributed by atoms with E-state index >= 15 is 0 Å². The standard InChI is InChI=1S/C20H25NO10/c1-11(22)26-9-15-16(27-12(2)23)17(28-13(3)24)18(29-14(4)25)19(30-15)31-20(10-21)7-5-6-8-20/h5,7,15-19H,6,8-9H2,1-4H3/t15-,16-,17+,18-,19+,20+/m1/s1. The molecule has 0 aromatic carbocycles. The maximum atomic E-state index is 11.8. The van der Waals surface area contributed by atoms with Crippen LogP contribution >= 0.6 is 0 Å². The van der Waals surface area contributed by atoms with Gasteiger partial charge >= 0.3 is 23.9 Å². The normalized spacial score (nSPS) is 31.9. The van der Waals surface area contributed by atoms with Crippen molar-refractivity contribution in [1.82, 2.24) is 0 Å². The van der Waals surface area contributed by atoms with Crippen LogP contribution in [0.1, 0.15) is 40.5 Å². The number of allylic oxidation sites excluding steroid dienone is 1. The van der Waals surface area contributed by atoms with E-state index < -0.39 is 60.2 Å². The molecule has 6 atom stereocenters. The summed E-state index contributed by atoms with van der Waals surface area (Å²) in [5.41, 5.74) is -1.36. The van der Waals surface area contributed by atoms with Gasteiger partial charge in [-0.2, -0.15) is 5.26 Å². The van der Waals surface area contributed by atoms with Gasteiger partial charge in [0.2, 0.25) is 6.29 Å². The fourth-order valence-electron chi connectivity index (χ4n) is 3.36. The number of esters is 4. The van der Waals surface area contributed by atoms with Crippen LogP contribution in [0.5, 0.6) is 0 Å². The molecule has 0 saturated carbocycles. The number of nitriles is 1. The summed E-state index contributed by atoms with van der Waals surface area (Å²) >= 11 is 0. The summed E-state index contributed by atoms with van der Waals surface area (Å²) in [5, 5.41) is 9.63. The highest BCUT2D eigenvalue weighted by molar-refractivity contribution is 5.68. The second-order valence-corrected chi connectivity index (χ2v) is 7.13. The minimum atomic E-state index is -1.39. The molecule has 0 bridgehead atoms. The third-order valence-electron chi connectivity index (χ3n) is 4.53. The molecule has 1 aliphatic carbocycles. The van der Waals surface area contributed by atoms with Gasteiger partial charge in [0.25, 0.3) is 0 Å². The van der Waals surface area contributed by atoms with Gasteiger partial charge in [-0.25, -0.2) is 0 Å². The summed E-state index contributed by atoms with van der Waals surface area (Å²) in [6.45, 7) is 4.19. The molecule has 11 heteroatoms. The molecule has 0 aromatic heterocycles. The minimum absolute atomic E-state index is 0.330. The first-order chi connectivity index (χ1) is 14.6. The molecular weight excluding hydrogens is 414 g/mol. The maximum absolute atomic E-state index is 11.8. The van der Waals surface area contributed by atoms with Crippen molar-refractivity contribution in [2.75, 3.05) is 6.61 Å². The van der Waals surface area contributed by atoms with Gasteiger partial charge in [-0.1, -0.05) is 6.08 Å². The largest absolute Gasteiger partial charge is 0.463 e. The molecule has 2 rings (SSSR count). The molecule has 1 aliphatic heterocycles. The van der Waals surface area contributed by atoms with Gasteiger partial charge in [0, 0.05) is 27.7 Å². The van der Waals surface area contributed by atoms with Crippen molar-refractivity contribution in [2.24, 2.45) is 0 Å². The van der Waals surface area contributed by atoms with E-state index in [1.165, 1.54) is 6.92 Å². The van der Waals surface area contributed by atoms with E-state index in [1.54, 1.807) is 12.2 Å². The van der Waals surface area contributed by atoms with Crippen LogP contribution in [0.2, 0.25) is 0 Å². The van der Waals surface area contributed by atoms with Crippen LogP contribution in [0.25, 0.3) is 0 Å². The molecule has 2 aliphatic rings. The molecule has 11 nitrogen and oxygen atoms in total. The maximum Gasteiger partial charge on any atom is 0.303 e. The first-order valence-corrected chi connectivity index (χ1v) is 9.64. The summed E-state index contributed by atoms with van der Waals surface area (Å²) in [6.07, 6.45) is -2.27. The molecule has 0 spiro atoms. The van der Waals surface area contributed by atoms with Gasteiger partial charge in [0.1, 0.15) is 18.8 Å². The molecule has 1 fully saturated rings. The highest BCUT2D eigenvalue weighted by Crippen LogP contribution is 2.35. The summed E-state index contributed by atoms with van der Waals surface area (Å²) in [7, 11) is 0. The Balaban J connectivity index is 2.45. The van der Waals surface area contributed by atoms with E-state index in [-0.39, 0.29) is 6.61 Å². The van der Waals surface area contributed by atoms with E-state index in [9.17, 15) is 24.4 Å². The van der Waals surface area contributed by atoms with Crippen LogP contribution < -0.4 is 0 Å². The number of rotatable bonds is 7. The third-order valence-corrected chi connectivity index (χ3v) is 4.53. The smallest absolute Gasteiger partial charge is 0.303 e. The molecule has 0 radical (unpaired) electrons. The lowest BCUT2D eigenvalue weighted by Crippen LogP contribution is -2.63. The fourth-order valence-corrected chi connectivity index (χ4v) is 3.36. The fraction of sp³-hybridized carbons (Fsp3) is 0.650. The average molecular weight is 439 g/mol. The highest BCUT2D eigenvalue weighted by atomic mass is 16.7. The van der Waals surface area contributed by atoms with E-state index in [4.69, 9.17) is 28.4 Å². The van der Waals surface area contributed by atoms with E-state index in [0.717, 1.165) is 20.8 Å². The second kappa shape index (κ2) is 10.4. The van der Waals surface area contributed by atoms with Crippen molar-refractivity contribution in [3.63, 3.8) is 0 Å². The second-order valence-electron chi connectivity index (χ2n) is 7.13. The van der Waals surface area contributed by atoms with Crippen LogP contribution in [0.3, 0.4) is 0 Å². The van der Waals surface area contributed by atoms with E-state index in [0.29, 0.717) is 12.8 Å². The zero-order chi connectivity index (χ0) is 23.2. The Morgan fingerprint density at radius 1 is 0.968 bits per heavy atom. The van der Waals surface area contributed by atoms with Gasteiger partial charge in [0.15, 0.2) is 23.9 Å². The van der Waals surface area contributed by atoms with Crippen molar-refractivity contribution in [1.29, 1.82) is 5.26 Å². The minimum Gasteiger partial charge on any atom is -0.463 e. The average Bonchev–Trinajstić information content (AvgIpc) is 3.13. The van der Waals surface area contributed by atoms with Crippen LogP contribution in [-0.2, 0) is 47.6 Å². The molecule has 0 N–H and O–H groups in total. The Morgan fingerprint density at radius 2 is 1.55 bits per heavy atom. The van der Waals surface area contributed by atoms with Crippen molar-refractivity contribution in [3.8, 4) is 6.07 Å². The van der Waals surface area contributed by atoms with Crippen molar-refractivity contribution < 1.29 is 47.6 Å². The SMILES string of the molecule is CC(=O)OC[C@H]1O[C@@H](O[C@@]2(C#N)C=CCC2)[C@H](OC(C)=O)[C@@H](OC(C)=O)[C@@H]1OC(C)=O. The van der Waals surface area contributed by atoms with Gasteiger partial charge < -0.3 is 28.4 Å². The quantitative estimate of drug-likeness (QED) is 0.313. The van der Waals surface area contributed by atoms with Gasteiger partial charge in [-0.3, -0.25) is 19.2 Å². The summed E-state index contributed by atoms with van der Waals surface area (Å²) in [4.78, 5) is 46.6. The van der Waals surface area contributed by atoms with Crippen molar-refractivity contribution in [2.45, 2.75) is 76.8 Å². The van der Waals surface area contributed by atoms with E-state index in [2.05, 4.69) is 6.07 Å². The first-order valence-electron chi connectivity index (χ1n) is 9.64. The Hall–Kier alpha value is -2.97. The predicted molar refractivity (Wildman–Crippen MR) is 99.8 cm³/mol. The van der Waals surface area contributed by atoms with Crippen LogP contribution in [0.15, 0.2) is 12.2 Å². The molecule has 31 heavy (non-hydrogen) atoms. The summed E-state index contributed by atoms with van der Waals surface area (Å²) < 4.78 is 32.6. The topological polar surface area (TPSA) is 147 Å². The Morgan fingerprint density at radius 3 is 2.03 bits per heavy atom. The lowest BCUT2D eigenvalue weighted by Gasteiger charge is -2.45. The first kappa shape index (κ1) is 24.3. The van der Waals surface area contributed by atoms with Crippen LogP contribution in [-0.4, -0.2) is 66.8 Å². The summed E-state index contributed by atoms with van der Waals surface area (Å²) in [5.74, 6) is -2.85. The van der Waals surface area contributed by atoms with Crippen LogP contribution in [0, 0.1) is 11.3 Å². The molecule has 0 unspecified atom stereocenters. The molecule has 170 valence electrons. The Labute approximate surface area is 179 Å². The molecule has 1 saturated heterocycles. The number of carbonyl (C=O) groups excluding carboxylic acids is 4. The number of nitrogens with zero attached hydrogens (tertiary/aromatic N) is 1. The molecule has 0 aromatic rings. The van der Waals surface area contributed by atoms with Crippen molar-refractivity contribution >= 4 is 23.9 Å². The number of carbonyl (C=O) groups is 4. The monoisotopic (exact) mass is 439 g/mol. The Kier molecular flexibility index (Phi) is 8.13. The number of ether oxygens (including phenoxy) is 6. The zero-order valence-corrected chi connectivity index (χ0v) is 17.7. The lowest BCUT2D eigenvalue weighted by molar-refractivity contribution is -0.320. The highest BCUT2D eigenvalue weighted by Gasteiger charge is 2.54. The molecule has 0 amide bonds. The van der Waals surface area contributed by atoms with Gasteiger partial charge in [-0.15, -0.1) is 0 Å². The van der Waals surface area contributed by atoms with Crippen LogP contribution in [0.4, 0.5) is 0 Å². The van der Waals surface area contributed by atoms with E-state index in [1.807, 2.05) is 0 Å². The number of hydrogen-bond acceptors (Lipinski definition) is 11.